The summed E-state index contributed by atoms with van der Waals surface area (Å²) in [5, 5.41) is 2.63. The average molecular weight is 413 g/mol. The van der Waals surface area contributed by atoms with Crippen molar-refractivity contribution in [1.29, 1.82) is 0 Å². The molecular weight excluding hydrogens is 396 g/mol. The first kappa shape index (κ1) is 18.3. The van der Waals surface area contributed by atoms with Crippen LogP contribution in [0, 0.1) is 0 Å². The van der Waals surface area contributed by atoms with Crippen LogP contribution in [0.4, 0.5) is 5.69 Å². The van der Waals surface area contributed by atoms with Crippen LogP contribution < -0.4 is 14.8 Å². The zero-order valence-electron chi connectivity index (χ0n) is 13.2. The molecule has 0 aromatic heterocycles. The number of hydrogen-bond donors (Lipinski definition) is 2. The fourth-order valence-electron chi connectivity index (χ4n) is 2.05. The van der Waals surface area contributed by atoms with Crippen LogP contribution in [-0.4, -0.2) is 28.0 Å². The van der Waals surface area contributed by atoms with Gasteiger partial charge >= 0.3 is 0 Å². The minimum Gasteiger partial charge on any atom is -0.496 e. The summed E-state index contributed by atoms with van der Waals surface area (Å²) >= 11 is 3.29. The number of amides is 1. The van der Waals surface area contributed by atoms with Crippen LogP contribution in [0.2, 0.25) is 0 Å². The molecular formula is C16H17BrN2O4S. The largest absolute Gasteiger partial charge is 0.496 e. The molecule has 6 nitrogen and oxygen atoms in total. The van der Waals surface area contributed by atoms with Crippen molar-refractivity contribution in [1.82, 2.24) is 5.32 Å². The van der Waals surface area contributed by atoms with Crippen LogP contribution in [0.1, 0.15) is 17.3 Å². The molecule has 0 saturated carbocycles. The molecule has 2 aromatic rings. The second-order valence-electron chi connectivity index (χ2n) is 4.84. The number of methoxy groups -OCH3 is 1. The maximum absolute atomic E-state index is 12.5. The quantitative estimate of drug-likeness (QED) is 0.763. The Bertz CT molecular complexity index is 853. The van der Waals surface area contributed by atoms with Crippen molar-refractivity contribution in [2.75, 3.05) is 18.4 Å². The number of halogens is 1. The highest BCUT2D eigenvalue weighted by molar-refractivity contribution is 9.10. The minimum atomic E-state index is -3.83. The first-order valence-electron chi connectivity index (χ1n) is 7.12. The Hall–Kier alpha value is -2.06. The van der Waals surface area contributed by atoms with Gasteiger partial charge in [-0.3, -0.25) is 9.52 Å². The van der Waals surface area contributed by atoms with Crippen molar-refractivity contribution in [3.05, 3.63) is 52.5 Å². The number of rotatable bonds is 6. The van der Waals surface area contributed by atoms with E-state index in [0.29, 0.717) is 18.0 Å². The Kier molecular flexibility index (Phi) is 5.84. The highest BCUT2D eigenvalue weighted by atomic mass is 79.9. The van der Waals surface area contributed by atoms with Crippen LogP contribution in [0.5, 0.6) is 5.75 Å². The average Bonchev–Trinajstić information content (AvgIpc) is 2.54. The fraction of sp³-hybridized carbons (Fsp3) is 0.188. The lowest BCUT2D eigenvalue weighted by Crippen LogP contribution is -2.24. The summed E-state index contributed by atoms with van der Waals surface area (Å²) in [6.45, 7) is 2.20. The Morgan fingerprint density at radius 3 is 2.58 bits per heavy atom. The van der Waals surface area contributed by atoms with Gasteiger partial charge in [0.05, 0.1) is 17.6 Å². The van der Waals surface area contributed by atoms with Gasteiger partial charge in [-0.2, -0.15) is 0 Å². The molecule has 1 amide bonds. The number of nitrogens with one attached hydrogen (secondary N) is 2. The maximum atomic E-state index is 12.5. The molecule has 0 bridgehead atoms. The first-order chi connectivity index (χ1) is 11.4. The van der Waals surface area contributed by atoms with Crippen molar-refractivity contribution in [2.24, 2.45) is 0 Å². The lowest BCUT2D eigenvalue weighted by Gasteiger charge is -2.12. The number of carbonyl (C=O) groups is 1. The Morgan fingerprint density at radius 1 is 1.21 bits per heavy atom. The van der Waals surface area contributed by atoms with E-state index >= 15 is 0 Å². The topological polar surface area (TPSA) is 84.5 Å². The molecule has 8 heteroatoms. The molecule has 2 rings (SSSR count). The highest BCUT2D eigenvalue weighted by Crippen LogP contribution is 2.25. The fourth-order valence-corrected chi connectivity index (χ4v) is 3.53. The van der Waals surface area contributed by atoms with Crippen molar-refractivity contribution in [3.8, 4) is 5.75 Å². The smallest absolute Gasteiger partial charge is 0.261 e. The summed E-state index contributed by atoms with van der Waals surface area (Å²) in [5.74, 6) is -0.0868. The van der Waals surface area contributed by atoms with Crippen molar-refractivity contribution in [3.63, 3.8) is 0 Å². The van der Waals surface area contributed by atoms with Gasteiger partial charge in [-0.1, -0.05) is 22.0 Å². The van der Waals surface area contributed by atoms with Gasteiger partial charge in [-0.15, -0.1) is 0 Å². The van der Waals surface area contributed by atoms with Gasteiger partial charge in [0.1, 0.15) is 5.75 Å². The number of carbonyl (C=O) groups excluding carboxylic acids is 1. The molecule has 2 aromatic carbocycles. The van der Waals surface area contributed by atoms with Gasteiger partial charge in [0.2, 0.25) is 0 Å². The van der Waals surface area contributed by atoms with Crippen LogP contribution in [0.15, 0.2) is 51.8 Å². The molecule has 0 aliphatic carbocycles. The van der Waals surface area contributed by atoms with E-state index in [2.05, 4.69) is 26.0 Å². The first-order valence-corrected chi connectivity index (χ1v) is 9.39. The Morgan fingerprint density at radius 2 is 1.96 bits per heavy atom. The summed E-state index contributed by atoms with van der Waals surface area (Å²) in [5.41, 5.74) is 0.580. The molecule has 0 heterocycles. The number of benzene rings is 2. The minimum absolute atomic E-state index is 0.0236. The number of hydrogen-bond acceptors (Lipinski definition) is 4. The Balaban J connectivity index is 2.39. The summed E-state index contributed by atoms with van der Waals surface area (Å²) in [6.07, 6.45) is 0. The van der Waals surface area contributed by atoms with Gasteiger partial charge in [-0.25, -0.2) is 8.42 Å². The van der Waals surface area contributed by atoms with E-state index in [9.17, 15) is 13.2 Å². The van der Waals surface area contributed by atoms with E-state index in [1.54, 1.807) is 31.2 Å². The van der Waals surface area contributed by atoms with Gasteiger partial charge in [0.25, 0.3) is 15.9 Å². The van der Waals surface area contributed by atoms with E-state index < -0.39 is 15.9 Å². The lowest BCUT2D eigenvalue weighted by molar-refractivity contribution is 0.0952. The van der Waals surface area contributed by atoms with Gasteiger partial charge in [0, 0.05) is 16.7 Å². The summed E-state index contributed by atoms with van der Waals surface area (Å²) in [4.78, 5) is 12.1. The molecule has 0 saturated heterocycles. The van der Waals surface area contributed by atoms with Crippen molar-refractivity contribution in [2.45, 2.75) is 11.8 Å². The highest BCUT2D eigenvalue weighted by Gasteiger charge is 2.19. The third kappa shape index (κ3) is 4.27. The SMILES string of the molecule is CCNC(=O)c1cc(S(=O)(=O)Nc2cccc(Br)c2)ccc1OC. The lowest BCUT2D eigenvalue weighted by atomic mass is 10.2. The van der Waals surface area contributed by atoms with E-state index in [-0.39, 0.29) is 10.5 Å². The van der Waals surface area contributed by atoms with E-state index in [4.69, 9.17) is 4.74 Å². The molecule has 0 aliphatic heterocycles. The van der Waals surface area contributed by atoms with E-state index in [0.717, 1.165) is 4.47 Å². The monoisotopic (exact) mass is 412 g/mol. The second kappa shape index (κ2) is 7.67. The molecule has 0 aliphatic rings. The Labute approximate surface area is 149 Å². The summed E-state index contributed by atoms with van der Waals surface area (Å²) in [6, 6.07) is 10.9. The van der Waals surface area contributed by atoms with Crippen LogP contribution in [0.3, 0.4) is 0 Å². The normalized spacial score (nSPS) is 11.0. The molecule has 0 spiro atoms. The van der Waals surface area contributed by atoms with E-state index in [1.165, 1.54) is 25.3 Å². The molecule has 128 valence electrons. The molecule has 24 heavy (non-hydrogen) atoms. The number of sulfonamides is 1. The zero-order chi connectivity index (χ0) is 17.7. The van der Waals surface area contributed by atoms with Crippen LogP contribution in [0.25, 0.3) is 0 Å². The summed E-state index contributed by atoms with van der Waals surface area (Å²) in [7, 11) is -2.41. The zero-order valence-corrected chi connectivity index (χ0v) is 15.6. The summed E-state index contributed by atoms with van der Waals surface area (Å²) < 4.78 is 33.5. The molecule has 0 atom stereocenters. The predicted molar refractivity (Wildman–Crippen MR) is 96.0 cm³/mol. The van der Waals surface area contributed by atoms with Gasteiger partial charge in [-0.05, 0) is 43.3 Å². The van der Waals surface area contributed by atoms with Crippen molar-refractivity contribution >= 4 is 37.5 Å². The van der Waals surface area contributed by atoms with Gasteiger partial charge < -0.3 is 10.1 Å². The molecule has 0 fully saturated rings. The predicted octanol–water partition coefficient (Wildman–Crippen LogP) is 3.01. The van der Waals surface area contributed by atoms with Gasteiger partial charge in [0.15, 0.2) is 0 Å². The van der Waals surface area contributed by atoms with Crippen molar-refractivity contribution < 1.29 is 17.9 Å². The van der Waals surface area contributed by atoms with Crippen LogP contribution >= 0.6 is 15.9 Å². The molecule has 0 unspecified atom stereocenters. The van der Waals surface area contributed by atoms with E-state index in [1.807, 2.05) is 0 Å². The number of ether oxygens (including phenoxy) is 1. The van der Waals surface area contributed by atoms with Crippen LogP contribution in [-0.2, 0) is 10.0 Å². The molecule has 0 radical (unpaired) electrons. The maximum Gasteiger partial charge on any atom is 0.261 e. The number of anilines is 1. The second-order valence-corrected chi connectivity index (χ2v) is 7.44. The standard InChI is InChI=1S/C16H17BrN2O4S/c1-3-18-16(20)14-10-13(7-8-15(14)23-2)24(21,22)19-12-6-4-5-11(17)9-12/h4-10,19H,3H2,1-2H3,(H,18,20). The molecule has 2 N–H and O–H groups in total. The third-order valence-electron chi connectivity index (χ3n) is 3.14. The third-order valence-corrected chi connectivity index (χ3v) is 5.01.